The summed E-state index contributed by atoms with van der Waals surface area (Å²) in [5.74, 6) is -3.06. The van der Waals surface area contributed by atoms with Gasteiger partial charge in [-0.15, -0.1) is 0 Å². The predicted molar refractivity (Wildman–Crippen MR) is 83.2 cm³/mol. The Balaban J connectivity index is 2.14. The van der Waals surface area contributed by atoms with Crippen molar-refractivity contribution in [2.24, 2.45) is 0 Å². The van der Waals surface area contributed by atoms with Gasteiger partial charge in [0, 0.05) is 12.5 Å². The highest BCUT2D eigenvalue weighted by atomic mass is 19.3. The molecule has 0 unspecified atom stereocenters. The van der Waals surface area contributed by atoms with E-state index in [2.05, 4.69) is 10.3 Å². The third-order valence-electron chi connectivity index (χ3n) is 4.00. The second kappa shape index (κ2) is 5.33. The first kappa shape index (κ1) is 15.5. The van der Waals surface area contributed by atoms with Crippen molar-refractivity contribution in [3.05, 3.63) is 62.3 Å². The average molecular weight is 321 g/mol. The molecule has 1 atom stereocenters. The van der Waals surface area contributed by atoms with E-state index in [9.17, 15) is 18.4 Å². The van der Waals surface area contributed by atoms with Gasteiger partial charge in [0.15, 0.2) is 0 Å². The number of nitrogens with one attached hydrogen (secondary N) is 2. The second-order valence-electron chi connectivity index (χ2n) is 5.98. The molecule has 0 spiro atoms. The lowest BCUT2D eigenvalue weighted by atomic mass is 9.92. The van der Waals surface area contributed by atoms with Crippen LogP contribution < -0.4 is 16.6 Å². The molecule has 0 amide bonds. The number of rotatable bonds is 2. The van der Waals surface area contributed by atoms with Crippen LogP contribution in [0.1, 0.15) is 37.1 Å². The minimum absolute atomic E-state index is 0.0803. The highest BCUT2D eigenvalue weighted by Gasteiger charge is 2.46. The second-order valence-corrected chi connectivity index (χ2v) is 5.98. The maximum atomic E-state index is 14.5. The molecule has 1 aromatic heterocycles. The van der Waals surface area contributed by atoms with Crippen molar-refractivity contribution in [1.29, 1.82) is 0 Å². The summed E-state index contributed by atoms with van der Waals surface area (Å²) in [6, 6.07) is 6.55. The molecule has 7 heteroatoms. The van der Waals surface area contributed by atoms with Crippen LogP contribution in [0.15, 0.2) is 39.9 Å². The standard InChI is InChI=1S/C16H17F2N3O2/c1-9(2)21-14(22)11-8-16(17,18)12(10-6-4-3-5-7-10)19-13(11)20-15(21)23/h3-7,9,12,19H,8H2,1-2H3,(H,20,23)/t12-/m1/s1. The van der Waals surface area contributed by atoms with Gasteiger partial charge in [0.2, 0.25) is 0 Å². The zero-order chi connectivity index (χ0) is 16.8. The van der Waals surface area contributed by atoms with Gasteiger partial charge in [0.1, 0.15) is 11.9 Å². The van der Waals surface area contributed by atoms with E-state index in [1.165, 1.54) is 0 Å². The summed E-state index contributed by atoms with van der Waals surface area (Å²) in [5.41, 5.74) is -0.960. The Hall–Kier alpha value is -2.44. The minimum Gasteiger partial charge on any atom is -0.359 e. The van der Waals surface area contributed by atoms with Gasteiger partial charge in [-0.3, -0.25) is 14.3 Å². The number of H-pyrrole nitrogens is 1. The van der Waals surface area contributed by atoms with Gasteiger partial charge in [-0.25, -0.2) is 13.6 Å². The summed E-state index contributed by atoms with van der Waals surface area (Å²) in [5, 5.41) is 2.63. The number of aromatic nitrogens is 2. The summed E-state index contributed by atoms with van der Waals surface area (Å²) < 4.78 is 30.0. The molecule has 23 heavy (non-hydrogen) atoms. The SMILES string of the molecule is CC(C)n1c(=O)[nH]c2c(c1=O)CC(F)(F)[C@@H](c1ccccc1)N2. The fourth-order valence-electron chi connectivity index (χ4n) is 2.90. The highest BCUT2D eigenvalue weighted by Crippen LogP contribution is 2.40. The lowest BCUT2D eigenvalue weighted by Crippen LogP contribution is -2.46. The lowest BCUT2D eigenvalue weighted by Gasteiger charge is -2.34. The van der Waals surface area contributed by atoms with Crippen molar-refractivity contribution >= 4 is 5.82 Å². The van der Waals surface area contributed by atoms with E-state index in [0.717, 1.165) is 4.57 Å². The molecule has 0 aliphatic carbocycles. The molecule has 1 aliphatic heterocycles. The van der Waals surface area contributed by atoms with Crippen LogP contribution in [0.4, 0.5) is 14.6 Å². The van der Waals surface area contributed by atoms with Gasteiger partial charge in [-0.2, -0.15) is 0 Å². The van der Waals surface area contributed by atoms with Crippen LogP contribution in [0.25, 0.3) is 0 Å². The quantitative estimate of drug-likeness (QED) is 0.893. The van der Waals surface area contributed by atoms with Crippen molar-refractivity contribution in [2.45, 2.75) is 38.3 Å². The molecule has 0 bridgehead atoms. The van der Waals surface area contributed by atoms with Crippen LogP contribution in [0.5, 0.6) is 0 Å². The van der Waals surface area contributed by atoms with Crippen LogP contribution in [-0.4, -0.2) is 15.5 Å². The largest absolute Gasteiger partial charge is 0.359 e. The lowest BCUT2D eigenvalue weighted by molar-refractivity contribution is -0.0234. The first-order valence-electron chi connectivity index (χ1n) is 7.38. The molecule has 2 heterocycles. The summed E-state index contributed by atoms with van der Waals surface area (Å²) >= 11 is 0. The van der Waals surface area contributed by atoms with E-state index in [1.807, 2.05) is 0 Å². The van der Waals surface area contributed by atoms with Crippen molar-refractivity contribution in [2.75, 3.05) is 5.32 Å². The Bertz CT molecular complexity index is 841. The van der Waals surface area contributed by atoms with Gasteiger partial charge >= 0.3 is 5.69 Å². The van der Waals surface area contributed by atoms with Gasteiger partial charge in [-0.05, 0) is 19.4 Å². The number of halogens is 2. The molecule has 0 radical (unpaired) electrons. The molecular weight excluding hydrogens is 304 g/mol. The molecule has 1 aromatic carbocycles. The van der Waals surface area contributed by atoms with Crippen LogP contribution in [-0.2, 0) is 6.42 Å². The maximum absolute atomic E-state index is 14.5. The van der Waals surface area contributed by atoms with Crippen LogP contribution in [0.3, 0.4) is 0 Å². The smallest absolute Gasteiger partial charge is 0.330 e. The topological polar surface area (TPSA) is 66.9 Å². The van der Waals surface area contributed by atoms with Crippen LogP contribution in [0, 0.1) is 0 Å². The first-order chi connectivity index (χ1) is 10.8. The van der Waals surface area contributed by atoms with E-state index < -0.39 is 35.7 Å². The van der Waals surface area contributed by atoms with E-state index in [1.54, 1.807) is 44.2 Å². The Labute approximate surface area is 131 Å². The van der Waals surface area contributed by atoms with Crippen LogP contribution >= 0.6 is 0 Å². The highest BCUT2D eigenvalue weighted by molar-refractivity contribution is 5.50. The number of aromatic amines is 1. The molecule has 1 aliphatic rings. The van der Waals surface area contributed by atoms with Gasteiger partial charge < -0.3 is 5.32 Å². The summed E-state index contributed by atoms with van der Waals surface area (Å²) in [6.45, 7) is 3.31. The summed E-state index contributed by atoms with van der Waals surface area (Å²) in [7, 11) is 0. The van der Waals surface area contributed by atoms with E-state index in [0.29, 0.717) is 5.56 Å². The monoisotopic (exact) mass is 321 g/mol. The third kappa shape index (κ3) is 2.56. The number of anilines is 1. The van der Waals surface area contributed by atoms with Crippen molar-refractivity contribution in [1.82, 2.24) is 9.55 Å². The fourth-order valence-corrected chi connectivity index (χ4v) is 2.90. The molecule has 5 nitrogen and oxygen atoms in total. The Morgan fingerprint density at radius 3 is 2.48 bits per heavy atom. The number of fused-ring (bicyclic) bond motifs is 1. The molecular formula is C16H17F2N3O2. The minimum atomic E-state index is -3.14. The number of benzene rings is 1. The van der Waals surface area contributed by atoms with E-state index >= 15 is 0 Å². The van der Waals surface area contributed by atoms with Gasteiger partial charge in [0.25, 0.3) is 11.5 Å². The van der Waals surface area contributed by atoms with Crippen molar-refractivity contribution < 1.29 is 8.78 Å². The number of hydrogen-bond donors (Lipinski definition) is 2. The van der Waals surface area contributed by atoms with E-state index in [-0.39, 0.29) is 11.4 Å². The predicted octanol–water partition coefficient (Wildman–Crippen LogP) is 2.46. The molecule has 0 saturated carbocycles. The van der Waals surface area contributed by atoms with Gasteiger partial charge in [-0.1, -0.05) is 30.3 Å². The molecule has 2 N–H and O–H groups in total. The molecule has 0 saturated heterocycles. The average Bonchev–Trinajstić information content (AvgIpc) is 2.48. The number of hydrogen-bond acceptors (Lipinski definition) is 3. The Kier molecular flexibility index (Phi) is 3.58. The number of alkyl halides is 2. The summed E-state index contributed by atoms with van der Waals surface area (Å²) in [4.78, 5) is 26.9. The molecule has 2 aromatic rings. The normalized spacial score (nSPS) is 19.3. The Morgan fingerprint density at radius 2 is 1.87 bits per heavy atom. The molecule has 122 valence electrons. The Morgan fingerprint density at radius 1 is 1.22 bits per heavy atom. The number of nitrogens with zero attached hydrogens (tertiary/aromatic N) is 1. The molecule has 0 fully saturated rings. The maximum Gasteiger partial charge on any atom is 0.330 e. The van der Waals surface area contributed by atoms with Crippen molar-refractivity contribution in [3.63, 3.8) is 0 Å². The fraction of sp³-hybridized carbons (Fsp3) is 0.375. The zero-order valence-electron chi connectivity index (χ0n) is 12.8. The molecule has 3 rings (SSSR count). The first-order valence-corrected chi connectivity index (χ1v) is 7.38. The third-order valence-corrected chi connectivity index (χ3v) is 4.00. The summed E-state index contributed by atoms with van der Waals surface area (Å²) in [6.07, 6.45) is -0.711. The van der Waals surface area contributed by atoms with Crippen LogP contribution in [0.2, 0.25) is 0 Å². The van der Waals surface area contributed by atoms with E-state index in [4.69, 9.17) is 0 Å². The van der Waals surface area contributed by atoms with Crippen molar-refractivity contribution in [3.8, 4) is 0 Å². The zero-order valence-corrected chi connectivity index (χ0v) is 12.8. The van der Waals surface area contributed by atoms with Gasteiger partial charge in [0.05, 0.1) is 5.56 Å².